The Morgan fingerprint density at radius 1 is 1.75 bits per heavy atom. The van der Waals surface area contributed by atoms with Crippen LogP contribution in [0, 0.1) is 17.8 Å². The van der Waals surface area contributed by atoms with E-state index in [0.717, 1.165) is 25.0 Å². The maximum atomic E-state index is 12.0. The molecule has 1 aliphatic rings. The lowest BCUT2D eigenvalue weighted by Crippen LogP contribution is -2.47. The van der Waals surface area contributed by atoms with Crippen molar-refractivity contribution in [1.29, 1.82) is 0 Å². The minimum absolute atomic E-state index is 0.00543. The predicted octanol–water partition coefficient (Wildman–Crippen LogP) is 0.986. The molecule has 1 fully saturated rings. The Bertz CT molecular complexity index is 287. The van der Waals surface area contributed by atoms with E-state index in [9.17, 15) is 4.79 Å². The van der Waals surface area contributed by atoms with Gasteiger partial charge >= 0.3 is 0 Å². The number of thioether (sulfide) groups is 1. The van der Waals surface area contributed by atoms with Gasteiger partial charge in [0, 0.05) is 18.3 Å². The summed E-state index contributed by atoms with van der Waals surface area (Å²) in [4.78, 5) is 12.0. The molecule has 90 valence electrons. The molecular weight excluding hydrogens is 220 g/mol. The Hall–Kier alpha value is -0.660. The van der Waals surface area contributed by atoms with Crippen LogP contribution in [0.2, 0.25) is 0 Å². The highest BCUT2D eigenvalue weighted by atomic mass is 32.2. The van der Waals surface area contributed by atoms with Crippen molar-refractivity contribution in [3.8, 4) is 12.3 Å². The zero-order chi connectivity index (χ0) is 12.0. The highest BCUT2D eigenvalue weighted by molar-refractivity contribution is 7.99. The Morgan fingerprint density at radius 3 is 3.06 bits per heavy atom. The molecule has 0 aromatic rings. The first-order valence-electron chi connectivity index (χ1n) is 5.66. The van der Waals surface area contributed by atoms with Crippen LogP contribution in [0.5, 0.6) is 0 Å². The number of hydrogen-bond donors (Lipinski definition) is 2. The smallest absolute Gasteiger partial charge is 0.227 e. The van der Waals surface area contributed by atoms with Gasteiger partial charge in [-0.2, -0.15) is 0 Å². The van der Waals surface area contributed by atoms with Gasteiger partial charge in [-0.05, 0) is 19.8 Å². The molecule has 4 heteroatoms. The first-order chi connectivity index (χ1) is 7.61. The van der Waals surface area contributed by atoms with Crippen LogP contribution in [-0.4, -0.2) is 30.0 Å². The van der Waals surface area contributed by atoms with Crippen LogP contribution < -0.4 is 11.1 Å². The molecule has 0 aromatic carbocycles. The normalized spacial score (nSPS) is 28.7. The van der Waals surface area contributed by atoms with Crippen LogP contribution in [0.15, 0.2) is 0 Å². The number of terminal acetylenes is 1. The molecule has 0 aliphatic heterocycles. The molecular formula is C12H20N2OS. The first kappa shape index (κ1) is 13.4. The predicted molar refractivity (Wildman–Crippen MR) is 69.1 cm³/mol. The summed E-state index contributed by atoms with van der Waals surface area (Å²) in [5.41, 5.74) is 5.61. The maximum Gasteiger partial charge on any atom is 0.227 e. The van der Waals surface area contributed by atoms with Crippen LogP contribution in [0.4, 0.5) is 0 Å². The highest BCUT2D eigenvalue weighted by Gasteiger charge is 2.42. The van der Waals surface area contributed by atoms with E-state index in [4.69, 9.17) is 12.2 Å². The molecule has 0 saturated heterocycles. The van der Waals surface area contributed by atoms with Gasteiger partial charge < -0.3 is 11.1 Å². The zero-order valence-electron chi connectivity index (χ0n) is 9.79. The van der Waals surface area contributed by atoms with Crippen molar-refractivity contribution in [2.24, 2.45) is 11.1 Å². The van der Waals surface area contributed by atoms with Crippen molar-refractivity contribution in [1.82, 2.24) is 5.32 Å². The monoisotopic (exact) mass is 240 g/mol. The minimum atomic E-state index is -0.364. The van der Waals surface area contributed by atoms with Gasteiger partial charge in [-0.1, -0.05) is 12.3 Å². The summed E-state index contributed by atoms with van der Waals surface area (Å²) in [6.07, 6.45) is 8.04. The zero-order valence-corrected chi connectivity index (χ0v) is 10.6. The van der Waals surface area contributed by atoms with Gasteiger partial charge in [0.15, 0.2) is 0 Å². The lowest BCUT2D eigenvalue weighted by Gasteiger charge is -2.27. The minimum Gasteiger partial charge on any atom is -0.355 e. The Balaban J connectivity index is 2.27. The summed E-state index contributed by atoms with van der Waals surface area (Å²) in [6, 6.07) is 0.00543. The molecule has 3 nitrogen and oxygen atoms in total. The molecule has 0 spiro atoms. The molecule has 16 heavy (non-hydrogen) atoms. The second-order valence-electron chi connectivity index (χ2n) is 4.43. The number of rotatable bonds is 5. The summed E-state index contributed by atoms with van der Waals surface area (Å²) in [5, 5.41) is 2.95. The first-order valence-corrected chi connectivity index (χ1v) is 6.82. The molecule has 0 aromatic heterocycles. The molecule has 2 atom stereocenters. The van der Waals surface area contributed by atoms with Gasteiger partial charge in [-0.3, -0.25) is 4.79 Å². The molecule has 0 bridgehead atoms. The quantitative estimate of drug-likeness (QED) is 0.556. The number of nitrogens with two attached hydrogens (primary N) is 1. The van der Waals surface area contributed by atoms with E-state index < -0.39 is 0 Å². The third kappa shape index (κ3) is 3.16. The average molecular weight is 240 g/mol. The molecule has 0 radical (unpaired) electrons. The second-order valence-corrected chi connectivity index (χ2v) is 5.53. The second kappa shape index (κ2) is 6.17. The maximum absolute atomic E-state index is 12.0. The summed E-state index contributed by atoms with van der Waals surface area (Å²) in [5.74, 6) is 4.22. The van der Waals surface area contributed by atoms with E-state index in [2.05, 4.69) is 11.2 Å². The standard InChI is InChI=1S/C12H20N2OS/c1-3-8-16-9-7-14-11(15)12(2)6-4-5-10(12)13/h1,10H,4-9,13H2,2H3,(H,14,15). The van der Waals surface area contributed by atoms with Crippen molar-refractivity contribution in [2.75, 3.05) is 18.1 Å². The molecule has 1 aliphatic carbocycles. The summed E-state index contributed by atoms with van der Waals surface area (Å²) in [6.45, 7) is 2.64. The Kier molecular flexibility index (Phi) is 5.17. The number of carbonyl (C=O) groups excluding carboxylic acids is 1. The van der Waals surface area contributed by atoms with E-state index in [-0.39, 0.29) is 17.4 Å². The van der Waals surface area contributed by atoms with E-state index in [0.29, 0.717) is 12.3 Å². The van der Waals surface area contributed by atoms with Crippen molar-refractivity contribution in [3.63, 3.8) is 0 Å². The van der Waals surface area contributed by atoms with Crippen molar-refractivity contribution < 1.29 is 4.79 Å². The van der Waals surface area contributed by atoms with Gasteiger partial charge in [0.05, 0.1) is 11.2 Å². The third-order valence-corrected chi connectivity index (χ3v) is 4.13. The van der Waals surface area contributed by atoms with Crippen LogP contribution >= 0.6 is 11.8 Å². The van der Waals surface area contributed by atoms with E-state index in [1.807, 2.05) is 6.92 Å². The summed E-state index contributed by atoms with van der Waals surface area (Å²) >= 11 is 1.66. The fourth-order valence-corrected chi connectivity index (χ4v) is 2.55. The fraction of sp³-hybridized carbons (Fsp3) is 0.750. The molecule has 0 heterocycles. The lowest BCUT2D eigenvalue weighted by atomic mass is 9.84. The summed E-state index contributed by atoms with van der Waals surface area (Å²) in [7, 11) is 0. The van der Waals surface area contributed by atoms with E-state index in [1.165, 1.54) is 0 Å². The Morgan fingerprint density at radius 2 is 2.50 bits per heavy atom. The molecule has 2 unspecified atom stereocenters. The van der Waals surface area contributed by atoms with Crippen molar-refractivity contribution in [2.45, 2.75) is 32.2 Å². The highest BCUT2D eigenvalue weighted by Crippen LogP contribution is 2.36. The fourth-order valence-electron chi connectivity index (χ4n) is 2.04. The molecule has 3 N–H and O–H groups in total. The van der Waals surface area contributed by atoms with E-state index >= 15 is 0 Å². The third-order valence-electron chi connectivity index (χ3n) is 3.27. The van der Waals surface area contributed by atoms with Crippen LogP contribution in [0.1, 0.15) is 26.2 Å². The number of carbonyl (C=O) groups is 1. The summed E-state index contributed by atoms with van der Waals surface area (Å²) < 4.78 is 0. The number of amides is 1. The van der Waals surface area contributed by atoms with Gasteiger partial charge in [-0.15, -0.1) is 18.2 Å². The molecule has 1 amide bonds. The average Bonchev–Trinajstić information content (AvgIpc) is 2.60. The van der Waals surface area contributed by atoms with E-state index in [1.54, 1.807) is 11.8 Å². The van der Waals surface area contributed by atoms with Gasteiger partial charge in [-0.25, -0.2) is 0 Å². The molecule has 1 saturated carbocycles. The van der Waals surface area contributed by atoms with Gasteiger partial charge in [0.2, 0.25) is 5.91 Å². The van der Waals surface area contributed by atoms with Crippen LogP contribution in [0.3, 0.4) is 0 Å². The lowest BCUT2D eigenvalue weighted by molar-refractivity contribution is -0.130. The van der Waals surface area contributed by atoms with Crippen molar-refractivity contribution in [3.05, 3.63) is 0 Å². The van der Waals surface area contributed by atoms with Crippen molar-refractivity contribution >= 4 is 17.7 Å². The molecule has 1 rings (SSSR count). The number of hydrogen-bond acceptors (Lipinski definition) is 3. The van der Waals surface area contributed by atoms with Crippen LogP contribution in [-0.2, 0) is 4.79 Å². The van der Waals surface area contributed by atoms with Gasteiger partial charge in [0.1, 0.15) is 0 Å². The number of nitrogens with one attached hydrogen (secondary N) is 1. The topological polar surface area (TPSA) is 55.1 Å². The van der Waals surface area contributed by atoms with Crippen LogP contribution in [0.25, 0.3) is 0 Å². The largest absolute Gasteiger partial charge is 0.355 e. The SMILES string of the molecule is C#CCSCCNC(=O)C1(C)CCCC1N. The Labute approximate surface area is 102 Å². The van der Waals surface area contributed by atoms with Gasteiger partial charge in [0.25, 0.3) is 0 Å².